The maximum absolute atomic E-state index is 12.2. The van der Waals surface area contributed by atoms with E-state index in [9.17, 15) is 49.7 Å². The SMILES string of the molecule is CC(N)=NCc1cc(Br)c(OCCF)c(Br)c1.CC(N)=NCc1ccc(Br)c(OCCF)c1.CC(N)=NCc1ccc(O)c(OCCF)c1.CC(N)=NCc1ccc(OCCF)c(C)c1.CC(N)=NCc1ccc(OCCF)c(I)c1.CC(N)=NCc1ccc(OCCF)c(O)c1.CC(N)=NCc1ccc(OCCF)c(OCCF)c1.CCc1ccc2c(ccn2CCF)c1. The molecule has 0 saturated carbocycles. The Morgan fingerprint density at radius 3 is 1.08 bits per heavy atom. The molecule has 25 nitrogen and oxygen atoms in total. The average Bonchev–Trinajstić information content (AvgIpc) is 1.65. The number of nitrogens with two attached hydrogens (primary N) is 7. The number of aromatic nitrogens is 1. The Bertz CT molecular complexity index is 4730. The maximum Gasteiger partial charge on any atom is 0.161 e. The summed E-state index contributed by atoms with van der Waals surface area (Å²) in [4.78, 5) is 28.6. The number of hydrogen-bond acceptors (Lipinski definition) is 17. The number of aryl methyl sites for hydroxylation is 3. The fourth-order valence-corrected chi connectivity index (χ4v) is 12.8. The molecule has 0 amide bonds. The zero-order chi connectivity index (χ0) is 96.7. The molecular weight excluding hydrogens is 2010 g/mol. The van der Waals surface area contributed by atoms with Gasteiger partial charge in [-0.05, 0) is 285 Å². The predicted octanol–water partition coefficient (Wildman–Crippen LogP) is 19.5. The van der Waals surface area contributed by atoms with Crippen molar-refractivity contribution in [2.45, 2.75) is 121 Å². The predicted molar refractivity (Wildman–Crippen MR) is 525 cm³/mol. The molecule has 1 aromatic heterocycles. The van der Waals surface area contributed by atoms with Crippen molar-refractivity contribution in [2.24, 2.45) is 75.1 Å². The largest absolute Gasteiger partial charge is 0.504 e. The van der Waals surface area contributed by atoms with Gasteiger partial charge in [0.2, 0.25) is 0 Å². The minimum Gasteiger partial charge on any atom is -0.504 e. The molecule has 0 atom stereocenters. The second-order valence-electron chi connectivity index (χ2n) is 27.4. The Balaban J connectivity index is 0.000000503. The van der Waals surface area contributed by atoms with Crippen molar-refractivity contribution in [3.8, 4) is 57.5 Å². The van der Waals surface area contributed by atoms with Crippen LogP contribution in [-0.4, -0.2) is 169 Å². The fourth-order valence-electron chi connectivity index (χ4n) is 10.2. The van der Waals surface area contributed by atoms with Crippen molar-refractivity contribution < 1.29 is 87.6 Å². The quantitative estimate of drug-likeness (QED) is 0.00744. The summed E-state index contributed by atoms with van der Waals surface area (Å²) in [5.74, 6) is 7.58. The molecular formula is C92H120Br3F9IN15O10. The average molecular weight is 2130 g/mol. The van der Waals surface area contributed by atoms with E-state index >= 15 is 0 Å². The van der Waals surface area contributed by atoms with Crippen LogP contribution < -0.4 is 78.0 Å². The lowest BCUT2D eigenvalue weighted by molar-refractivity contribution is 0.235. The van der Waals surface area contributed by atoms with Crippen LogP contribution in [0.25, 0.3) is 10.9 Å². The molecule has 1 heterocycles. The zero-order valence-electron chi connectivity index (χ0n) is 74.5. The number of alkyl halides is 9. The Hall–Kier alpha value is -10.9. The normalized spacial score (nSPS) is 11.5. The standard InChI is InChI=1S/C13H18F2N2O2.C12H17FN2O.C12H14FN.C11H13Br2FN2O.C11H14BrFN2O.C11H14FIN2O.2C11H15FN2O2/c1-10(16)17-9-11-2-3-12(18-6-4-14)13(8-11)19-7-5-15;1-9-7-11(8-15-10(2)14)3-4-12(9)16-6-5-13;1-2-10-3-4-12-11(9-10)5-7-14(12)8-6-13;1-7(15)16-6-8-4-9(12)11(10(13)5-8)17-3-2-14;1-8(14)15-7-9-2-3-10(12)11(6-9)16-5-4-13;1-8(14)15-7-9-2-3-11(10(13)6-9)16-5-4-12;1-8(13)14-7-9-2-3-11(10(15)6-9)16-5-4-12;1-8(13)14-7-9-2-3-10(15)11(6-9)16-5-4-12/h2-3,8H,4-7,9H2,1H3,(H2,16,17);3-4,7H,5-6,8H2,1-2H3,(H2,14,15);3-5,7,9H,2,6,8H2,1H3;4-5H,2-3,6H2,1H3,(H2,15,16);2*2-3,6H,4-5,7H2,1H3,(H2,14,15);2*2-3,6,15H,4-5,7H2,1H3,(H2,13,14). The molecule has 8 aromatic carbocycles. The van der Waals surface area contributed by atoms with Crippen LogP contribution in [0.3, 0.4) is 0 Å². The summed E-state index contributed by atoms with van der Waals surface area (Å²) in [6, 6.07) is 44.0. The van der Waals surface area contributed by atoms with Crippen LogP contribution in [0.2, 0.25) is 0 Å². The Kier molecular flexibility index (Phi) is 60.5. The van der Waals surface area contributed by atoms with Crippen molar-refractivity contribution in [1.29, 1.82) is 0 Å². The molecule has 0 fully saturated rings. The van der Waals surface area contributed by atoms with E-state index in [0.717, 1.165) is 79.2 Å². The third-order valence-corrected chi connectivity index (χ3v) is 18.8. The summed E-state index contributed by atoms with van der Waals surface area (Å²) in [5, 5.41) is 20.2. The Morgan fingerprint density at radius 2 is 0.654 bits per heavy atom. The first-order valence-electron chi connectivity index (χ1n) is 40.6. The van der Waals surface area contributed by atoms with Gasteiger partial charge in [0, 0.05) is 11.7 Å². The molecule has 0 bridgehead atoms. The van der Waals surface area contributed by atoms with Crippen LogP contribution in [0.1, 0.15) is 105 Å². The van der Waals surface area contributed by atoms with Crippen LogP contribution in [0, 0.1) is 10.5 Å². The second-order valence-corrected chi connectivity index (χ2v) is 31.1. The molecule has 0 saturated heterocycles. The van der Waals surface area contributed by atoms with Gasteiger partial charge in [-0.25, -0.2) is 39.5 Å². The Morgan fingerprint density at radius 1 is 0.323 bits per heavy atom. The van der Waals surface area contributed by atoms with Gasteiger partial charge in [-0.1, -0.05) is 55.5 Å². The van der Waals surface area contributed by atoms with Gasteiger partial charge in [-0.15, -0.1) is 0 Å². The van der Waals surface area contributed by atoms with Crippen LogP contribution >= 0.6 is 70.4 Å². The van der Waals surface area contributed by atoms with Crippen molar-refractivity contribution in [2.75, 3.05) is 113 Å². The van der Waals surface area contributed by atoms with Gasteiger partial charge in [-0.2, -0.15) is 0 Å². The number of ether oxygens (including phenoxy) is 8. The molecule has 714 valence electrons. The number of aliphatic imine (C=N–C) groups is 7. The van der Waals surface area contributed by atoms with Crippen molar-refractivity contribution in [3.63, 3.8) is 0 Å². The van der Waals surface area contributed by atoms with E-state index < -0.39 is 53.4 Å². The van der Waals surface area contributed by atoms with Crippen LogP contribution in [0.4, 0.5) is 39.5 Å². The molecule has 0 spiro atoms. The monoisotopic (exact) mass is 2130 g/mol. The highest BCUT2D eigenvalue weighted by molar-refractivity contribution is 14.1. The molecule has 0 aliphatic heterocycles. The van der Waals surface area contributed by atoms with Crippen molar-refractivity contribution in [1.82, 2.24) is 4.57 Å². The highest BCUT2D eigenvalue weighted by Crippen LogP contribution is 2.36. The summed E-state index contributed by atoms with van der Waals surface area (Å²) in [6.07, 6.45) is 2.99. The van der Waals surface area contributed by atoms with Gasteiger partial charge in [0.15, 0.2) is 34.5 Å². The number of nitrogens with zero attached hydrogens (tertiary/aromatic N) is 8. The third kappa shape index (κ3) is 50.3. The van der Waals surface area contributed by atoms with Crippen LogP contribution in [0.5, 0.6) is 57.5 Å². The molecule has 0 radical (unpaired) electrons. The van der Waals surface area contributed by atoms with Gasteiger partial charge >= 0.3 is 0 Å². The zero-order valence-corrected chi connectivity index (χ0v) is 81.4. The number of rotatable bonds is 41. The molecule has 0 aliphatic rings. The van der Waals surface area contributed by atoms with E-state index in [1.54, 1.807) is 90.9 Å². The summed E-state index contributed by atoms with van der Waals surface area (Å²) in [7, 11) is 0. The molecule has 9 aromatic rings. The third-order valence-electron chi connectivity index (χ3n) is 16.2. The smallest absolute Gasteiger partial charge is 0.161 e. The number of aromatic hydroxyl groups is 2. The lowest BCUT2D eigenvalue weighted by atomic mass is 10.1. The maximum atomic E-state index is 12.2. The lowest BCUT2D eigenvalue weighted by Crippen LogP contribution is -2.06. The topological polar surface area (TPSA) is 388 Å². The number of fused-ring (bicyclic) bond motifs is 1. The molecule has 130 heavy (non-hydrogen) atoms. The van der Waals surface area contributed by atoms with E-state index in [-0.39, 0.29) is 82.5 Å². The number of halogens is 13. The van der Waals surface area contributed by atoms with Gasteiger partial charge in [0.05, 0.1) is 110 Å². The highest BCUT2D eigenvalue weighted by Gasteiger charge is 2.13. The number of benzene rings is 8. The van der Waals surface area contributed by atoms with E-state index in [0.29, 0.717) is 122 Å². The number of phenols is 2. The van der Waals surface area contributed by atoms with Gasteiger partial charge in [0.25, 0.3) is 0 Å². The van der Waals surface area contributed by atoms with E-state index in [1.807, 2.05) is 90.5 Å². The van der Waals surface area contributed by atoms with Crippen LogP contribution in [0.15, 0.2) is 200 Å². The number of hydrogen-bond donors (Lipinski definition) is 9. The highest BCUT2D eigenvalue weighted by atomic mass is 127. The van der Waals surface area contributed by atoms with E-state index in [1.165, 1.54) is 23.1 Å². The first kappa shape index (κ1) is 115. The van der Waals surface area contributed by atoms with E-state index in [2.05, 4.69) is 130 Å². The summed E-state index contributed by atoms with van der Waals surface area (Å²) >= 11 is 12.2. The fraction of sp³-hybridized carbons (Fsp3) is 0.380. The minimum absolute atomic E-state index is 0.00866. The van der Waals surface area contributed by atoms with Gasteiger partial charge in [0.1, 0.15) is 136 Å². The summed E-state index contributed by atoms with van der Waals surface area (Å²) < 4.78 is 155. The molecule has 16 N–H and O–H groups in total. The molecule has 0 unspecified atom stereocenters. The molecule has 9 rings (SSSR count). The second kappa shape index (κ2) is 68.2. The summed E-state index contributed by atoms with van der Waals surface area (Å²) in [6.45, 7) is 15.3. The van der Waals surface area contributed by atoms with Gasteiger partial charge < -0.3 is 92.8 Å². The molecule has 0 aliphatic carbocycles. The first-order chi connectivity index (χ1) is 62.2. The Labute approximate surface area is 794 Å². The number of phenolic OH excluding ortho intramolecular Hbond substituents is 2. The lowest BCUT2D eigenvalue weighted by Gasteiger charge is -2.12. The van der Waals surface area contributed by atoms with E-state index in [4.69, 9.17) is 78.0 Å². The first-order valence-corrected chi connectivity index (χ1v) is 44.1. The van der Waals surface area contributed by atoms with Crippen molar-refractivity contribution >= 4 is 122 Å². The van der Waals surface area contributed by atoms with Gasteiger partial charge in [-0.3, -0.25) is 34.9 Å². The van der Waals surface area contributed by atoms with Crippen molar-refractivity contribution in [3.05, 3.63) is 219 Å². The summed E-state index contributed by atoms with van der Waals surface area (Å²) in [5.41, 5.74) is 48.1. The van der Waals surface area contributed by atoms with Crippen LogP contribution in [-0.2, 0) is 58.8 Å². The molecule has 38 heteroatoms. The number of amidine groups is 7. The minimum atomic E-state index is -0.604.